The average Bonchev–Trinajstić information content (AvgIpc) is 2.72. The van der Waals surface area contributed by atoms with Crippen LogP contribution in [-0.2, 0) is 6.42 Å². The number of hydrogen-bond acceptors (Lipinski definition) is 3. The van der Waals surface area contributed by atoms with Crippen molar-refractivity contribution in [2.75, 3.05) is 18.8 Å². The highest BCUT2D eigenvalue weighted by Crippen LogP contribution is 2.09. The van der Waals surface area contributed by atoms with Crippen LogP contribution in [0.25, 0.3) is 0 Å². The Morgan fingerprint density at radius 2 is 2.07 bits per heavy atom. The van der Waals surface area contributed by atoms with Crippen LogP contribution in [-0.4, -0.2) is 24.0 Å². The van der Waals surface area contributed by atoms with E-state index in [1.54, 1.807) is 0 Å². The van der Waals surface area contributed by atoms with Gasteiger partial charge in [-0.3, -0.25) is 4.99 Å². The van der Waals surface area contributed by atoms with E-state index in [0.29, 0.717) is 0 Å². The second-order valence-electron chi connectivity index (χ2n) is 3.20. The van der Waals surface area contributed by atoms with Crippen LogP contribution in [0.3, 0.4) is 0 Å². The zero-order valence-electron chi connectivity index (χ0n) is 8.48. The first kappa shape index (κ1) is 12.6. The minimum absolute atomic E-state index is 0. The second-order valence-corrected chi connectivity index (χ2v) is 4.28. The van der Waals surface area contributed by atoms with Crippen molar-refractivity contribution in [1.82, 2.24) is 5.32 Å². The SMILES string of the molecule is Br.c1ccc(CCSC2=NCCN2)cc1. The Labute approximate surface area is 105 Å². The summed E-state index contributed by atoms with van der Waals surface area (Å²) in [4.78, 5) is 4.34. The number of amidine groups is 1. The molecule has 0 amide bonds. The Morgan fingerprint density at radius 3 is 2.73 bits per heavy atom. The van der Waals surface area contributed by atoms with E-state index in [9.17, 15) is 0 Å². The minimum Gasteiger partial charge on any atom is -0.363 e. The van der Waals surface area contributed by atoms with Crippen LogP contribution in [0.2, 0.25) is 0 Å². The highest BCUT2D eigenvalue weighted by Gasteiger charge is 2.04. The van der Waals surface area contributed by atoms with Gasteiger partial charge in [0.05, 0.1) is 6.54 Å². The molecule has 0 aromatic heterocycles. The van der Waals surface area contributed by atoms with Crippen molar-refractivity contribution in [3.8, 4) is 0 Å². The predicted molar refractivity (Wildman–Crippen MR) is 73.2 cm³/mol. The molecule has 1 heterocycles. The topological polar surface area (TPSA) is 24.4 Å². The Bertz CT molecular complexity index is 314. The zero-order valence-corrected chi connectivity index (χ0v) is 11.0. The van der Waals surface area contributed by atoms with Crippen LogP contribution in [0.5, 0.6) is 0 Å². The first-order valence-corrected chi connectivity index (χ1v) is 5.89. The predicted octanol–water partition coefficient (Wildman–Crippen LogP) is 2.50. The maximum atomic E-state index is 4.34. The summed E-state index contributed by atoms with van der Waals surface area (Å²) in [7, 11) is 0. The van der Waals surface area contributed by atoms with Crippen molar-refractivity contribution >= 4 is 33.9 Å². The Balaban J connectivity index is 0.00000112. The molecule has 0 bridgehead atoms. The lowest BCUT2D eigenvalue weighted by molar-refractivity contribution is 0.963. The van der Waals surface area contributed by atoms with E-state index in [2.05, 4.69) is 40.6 Å². The molecule has 0 saturated carbocycles. The van der Waals surface area contributed by atoms with Crippen molar-refractivity contribution in [2.45, 2.75) is 6.42 Å². The number of nitrogens with one attached hydrogen (secondary N) is 1. The summed E-state index contributed by atoms with van der Waals surface area (Å²) in [6.07, 6.45) is 1.12. The van der Waals surface area contributed by atoms with E-state index >= 15 is 0 Å². The van der Waals surface area contributed by atoms with Crippen molar-refractivity contribution in [3.05, 3.63) is 35.9 Å². The molecule has 1 N–H and O–H groups in total. The Kier molecular flexibility index (Phi) is 5.79. The lowest BCUT2D eigenvalue weighted by Crippen LogP contribution is -2.15. The van der Waals surface area contributed by atoms with Crippen LogP contribution < -0.4 is 5.32 Å². The highest BCUT2D eigenvalue weighted by atomic mass is 79.9. The molecule has 0 atom stereocenters. The van der Waals surface area contributed by atoms with Gasteiger partial charge in [-0.25, -0.2) is 0 Å². The van der Waals surface area contributed by atoms with Gasteiger partial charge < -0.3 is 5.32 Å². The van der Waals surface area contributed by atoms with E-state index in [-0.39, 0.29) is 17.0 Å². The normalized spacial score (nSPS) is 14.0. The third-order valence-electron chi connectivity index (χ3n) is 2.12. The number of aliphatic imine (C=N–C) groups is 1. The zero-order chi connectivity index (χ0) is 9.64. The van der Waals surface area contributed by atoms with Gasteiger partial charge in [0.1, 0.15) is 0 Å². The van der Waals surface area contributed by atoms with Gasteiger partial charge in [-0.15, -0.1) is 17.0 Å². The lowest BCUT2D eigenvalue weighted by Gasteiger charge is -2.01. The van der Waals surface area contributed by atoms with Gasteiger partial charge in [-0.2, -0.15) is 0 Å². The highest BCUT2D eigenvalue weighted by molar-refractivity contribution is 8.93. The lowest BCUT2D eigenvalue weighted by atomic mass is 10.2. The van der Waals surface area contributed by atoms with Gasteiger partial charge in [0.15, 0.2) is 5.17 Å². The van der Waals surface area contributed by atoms with Crippen molar-refractivity contribution in [3.63, 3.8) is 0 Å². The summed E-state index contributed by atoms with van der Waals surface area (Å²) in [5.41, 5.74) is 1.40. The number of rotatable bonds is 3. The molecular weight excluding hydrogens is 272 g/mol. The largest absolute Gasteiger partial charge is 0.363 e. The molecule has 1 aliphatic heterocycles. The first-order chi connectivity index (χ1) is 6.95. The molecule has 15 heavy (non-hydrogen) atoms. The summed E-state index contributed by atoms with van der Waals surface area (Å²) in [5, 5.41) is 4.37. The molecule has 0 spiro atoms. The minimum atomic E-state index is 0. The summed E-state index contributed by atoms with van der Waals surface area (Å²) >= 11 is 1.82. The smallest absolute Gasteiger partial charge is 0.156 e. The second kappa shape index (κ2) is 6.90. The Morgan fingerprint density at radius 1 is 1.27 bits per heavy atom. The number of hydrogen-bond donors (Lipinski definition) is 1. The van der Waals surface area contributed by atoms with Gasteiger partial charge in [0.2, 0.25) is 0 Å². The molecular formula is C11H15BrN2S. The molecule has 2 rings (SSSR count). The maximum Gasteiger partial charge on any atom is 0.156 e. The number of halogens is 1. The third-order valence-corrected chi connectivity index (χ3v) is 3.07. The van der Waals surface area contributed by atoms with E-state index in [1.165, 1.54) is 5.56 Å². The van der Waals surface area contributed by atoms with E-state index in [1.807, 2.05) is 11.8 Å². The molecule has 1 aliphatic rings. The summed E-state index contributed by atoms with van der Waals surface area (Å²) < 4.78 is 0. The van der Waals surface area contributed by atoms with Gasteiger partial charge in [-0.1, -0.05) is 42.1 Å². The molecule has 0 fully saturated rings. The van der Waals surface area contributed by atoms with Crippen molar-refractivity contribution in [2.24, 2.45) is 4.99 Å². The van der Waals surface area contributed by atoms with Crippen molar-refractivity contribution < 1.29 is 0 Å². The maximum absolute atomic E-state index is 4.34. The van der Waals surface area contributed by atoms with Crippen LogP contribution in [0.15, 0.2) is 35.3 Å². The van der Waals surface area contributed by atoms with E-state index < -0.39 is 0 Å². The molecule has 82 valence electrons. The molecule has 0 radical (unpaired) electrons. The third kappa shape index (κ3) is 4.26. The van der Waals surface area contributed by atoms with Gasteiger partial charge in [0.25, 0.3) is 0 Å². The number of thioether (sulfide) groups is 1. The number of benzene rings is 1. The molecule has 1 aromatic carbocycles. The molecule has 4 heteroatoms. The van der Waals surface area contributed by atoms with E-state index in [0.717, 1.165) is 30.4 Å². The molecule has 0 saturated heterocycles. The summed E-state index contributed by atoms with van der Waals surface area (Å²) in [6.45, 7) is 1.95. The number of nitrogens with zero attached hydrogens (tertiary/aromatic N) is 1. The van der Waals surface area contributed by atoms with E-state index in [4.69, 9.17) is 0 Å². The van der Waals surface area contributed by atoms with Crippen LogP contribution in [0.1, 0.15) is 5.56 Å². The summed E-state index contributed by atoms with van der Waals surface area (Å²) in [5.74, 6) is 1.11. The molecule has 2 nitrogen and oxygen atoms in total. The molecule has 0 aliphatic carbocycles. The van der Waals surface area contributed by atoms with Gasteiger partial charge in [0, 0.05) is 12.3 Å². The van der Waals surface area contributed by atoms with Crippen LogP contribution in [0.4, 0.5) is 0 Å². The summed E-state index contributed by atoms with van der Waals surface area (Å²) in [6, 6.07) is 10.6. The van der Waals surface area contributed by atoms with Gasteiger partial charge in [-0.05, 0) is 12.0 Å². The monoisotopic (exact) mass is 286 g/mol. The molecule has 0 unspecified atom stereocenters. The van der Waals surface area contributed by atoms with Crippen LogP contribution in [0, 0.1) is 0 Å². The average molecular weight is 287 g/mol. The fourth-order valence-corrected chi connectivity index (χ4v) is 2.30. The quantitative estimate of drug-likeness (QED) is 0.923. The fraction of sp³-hybridized carbons (Fsp3) is 0.364. The Hall–Kier alpha value is -0.480. The number of aryl methyl sites for hydroxylation is 1. The molecule has 1 aromatic rings. The standard InChI is InChI=1S/C11H14N2S.BrH/c1-2-4-10(5-3-1)6-9-14-11-12-7-8-13-11;/h1-5H,6-9H2,(H,12,13);1H. The van der Waals surface area contributed by atoms with Crippen LogP contribution >= 0.6 is 28.7 Å². The van der Waals surface area contributed by atoms with Gasteiger partial charge >= 0.3 is 0 Å². The first-order valence-electron chi connectivity index (χ1n) is 4.90. The fourth-order valence-electron chi connectivity index (χ4n) is 1.38. The van der Waals surface area contributed by atoms with Crippen molar-refractivity contribution in [1.29, 1.82) is 0 Å².